The molecule has 0 spiro atoms. The predicted octanol–water partition coefficient (Wildman–Crippen LogP) is 1.67. The van der Waals surface area contributed by atoms with E-state index < -0.39 is 0 Å². The topological polar surface area (TPSA) is 29.5 Å². The van der Waals surface area contributed by atoms with E-state index in [-0.39, 0.29) is 11.9 Å². The van der Waals surface area contributed by atoms with Gasteiger partial charge in [-0.25, -0.2) is 0 Å². The van der Waals surface area contributed by atoms with Crippen LogP contribution in [0.5, 0.6) is 0 Å². The second-order valence-corrected chi connectivity index (χ2v) is 4.11. The maximum Gasteiger partial charge on any atom is 0.309 e. The molecule has 0 saturated carbocycles. The van der Waals surface area contributed by atoms with E-state index in [1.807, 2.05) is 0 Å². The van der Waals surface area contributed by atoms with Crippen molar-refractivity contribution in [2.24, 2.45) is 5.92 Å². The third-order valence-electron chi connectivity index (χ3n) is 3.20. The van der Waals surface area contributed by atoms with Crippen LogP contribution >= 0.6 is 0 Å². The zero-order chi connectivity index (χ0) is 10.6. The van der Waals surface area contributed by atoms with Crippen LogP contribution in [-0.2, 0) is 9.53 Å². The molecule has 0 aromatic rings. The second-order valence-electron chi connectivity index (χ2n) is 4.11. The second kappa shape index (κ2) is 5.35. The fourth-order valence-electron chi connectivity index (χ4n) is 2.02. The number of carbonyl (C=O) groups excluding carboxylic acids is 1. The Kier molecular flexibility index (Phi) is 4.39. The van der Waals surface area contributed by atoms with E-state index >= 15 is 0 Å². The summed E-state index contributed by atoms with van der Waals surface area (Å²) in [6.45, 7) is 6.41. The summed E-state index contributed by atoms with van der Waals surface area (Å²) in [5, 5.41) is 0. The quantitative estimate of drug-likeness (QED) is 0.648. The maximum absolute atomic E-state index is 11.4. The lowest BCUT2D eigenvalue weighted by Crippen LogP contribution is -2.43. The number of piperidine rings is 1. The van der Waals surface area contributed by atoms with Gasteiger partial charge in [0, 0.05) is 12.6 Å². The zero-order valence-corrected chi connectivity index (χ0v) is 9.45. The van der Waals surface area contributed by atoms with E-state index in [1.165, 1.54) is 7.11 Å². The van der Waals surface area contributed by atoms with Gasteiger partial charge in [0.2, 0.25) is 0 Å². The van der Waals surface area contributed by atoms with Gasteiger partial charge in [0.15, 0.2) is 0 Å². The van der Waals surface area contributed by atoms with Crippen LogP contribution in [0.1, 0.15) is 33.1 Å². The van der Waals surface area contributed by atoms with Gasteiger partial charge in [0.05, 0.1) is 13.0 Å². The molecule has 3 nitrogen and oxygen atoms in total. The molecule has 0 amide bonds. The molecule has 1 heterocycles. The summed E-state index contributed by atoms with van der Waals surface area (Å²) in [7, 11) is 1.48. The number of nitrogens with zero attached hydrogens (tertiary/aromatic N) is 1. The molecule has 1 rings (SSSR count). The van der Waals surface area contributed by atoms with Crippen molar-refractivity contribution in [1.29, 1.82) is 0 Å². The van der Waals surface area contributed by atoms with Crippen LogP contribution in [0.3, 0.4) is 0 Å². The summed E-state index contributed by atoms with van der Waals surface area (Å²) in [5.41, 5.74) is 0. The van der Waals surface area contributed by atoms with Crippen molar-refractivity contribution in [1.82, 2.24) is 4.90 Å². The standard InChI is InChI=1S/C11H21NO2/c1-4-9(2)12-7-5-6-10(8-12)11(13)14-3/h9-10H,4-8H2,1-3H3/t9?,10-/m0/s1. The maximum atomic E-state index is 11.4. The molecule has 2 atom stereocenters. The molecule has 82 valence electrons. The molecule has 0 N–H and O–H groups in total. The SMILES string of the molecule is CCC(C)N1CCC[C@H](C(=O)OC)C1. The number of carbonyl (C=O) groups is 1. The van der Waals surface area contributed by atoms with Gasteiger partial charge >= 0.3 is 5.97 Å². The van der Waals surface area contributed by atoms with E-state index in [0.717, 1.165) is 32.4 Å². The first kappa shape index (κ1) is 11.5. The number of ether oxygens (including phenoxy) is 1. The number of hydrogen-bond donors (Lipinski definition) is 0. The molecular formula is C11H21NO2. The third kappa shape index (κ3) is 2.71. The highest BCUT2D eigenvalue weighted by Crippen LogP contribution is 2.20. The summed E-state index contributed by atoms with van der Waals surface area (Å²) < 4.78 is 4.79. The normalized spacial score (nSPS) is 25.8. The predicted molar refractivity (Wildman–Crippen MR) is 56.1 cm³/mol. The number of esters is 1. The Balaban J connectivity index is 2.47. The highest BCUT2D eigenvalue weighted by molar-refractivity contribution is 5.72. The van der Waals surface area contributed by atoms with Crippen molar-refractivity contribution < 1.29 is 9.53 Å². The fraction of sp³-hybridized carbons (Fsp3) is 0.909. The Morgan fingerprint density at radius 1 is 1.64 bits per heavy atom. The molecule has 1 fully saturated rings. The molecule has 1 saturated heterocycles. The van der Waals surface area contributed by atoms with Crippen LogP contribution in [0, 0.1) is 5.92 Å². The van der Waals surface area contributed by atoms with Crippen molar-refractivity contribution in [3.8, 4) is 0 Å². The van der Waals surface area contributed by atoms with E-state index in [4.69, 9.17) is 4.74 Å². The van der Waals surface area contributed by atoms with Crippen molar-refractivity contribution in [3.05, 3.63) is 0 Å². The Labute approximate surface area is 86.4 Å². The number of methoxy groups -OCH3 is 1. The summed E-state index contributed by atoms with van der Waals surface area (Å²) in [5.74, 6) is 0.0563. The van der Waals surface area contributed by atoms with Gasteiger partial charge in [-0.3, -0.25) is 9.69 Å². The monoisotopic (exact) mass is 199 g/mol. The Hall–Kier alpha value is -0.570. The van der Waals surface area contributed by atoms with Crippen LogP contribution in [-0.4, -0.2) is 37.1 Å². The van der Waals surface area contributed by atoms with Gasteiger partial charge in [0.25, 0.3) is 0 Å². The Morgan fingerprint density at radius 3 is 2.93 bits per heavy atom. The summed E-state index contributed by atoms with van der Waals surface area (Å²) >= 11 is 0. The molecule has 1 aliphatic rings. The van der Waals surface area contributed by atoms with E-state index in [2.05, 4.69) is 18.7 Å². The van der Waals surface area contributed by atoms with Gasteiger partial charge < -0.3 is 4.74 Å². The van der Waals surface area contributed by atoms with Gasteiger partial charge in [-0.05, 0) is 32.7 Å². The minimum Gasteiger partial charge on any atom is -0.469 e. The number of likely N-dealkylation sites (tertiary alicyclic amines) is 1. The Bertz CT molecular complexity index is 194. The van der Waals surface area contributed by atoms with Crippen molar-refractivity contribution in [3.63, 3.8) is 0 Å². The van der Waals surface area contributed by atoms with E-state index in [9.17, 15) is 4.79 Å². The minimum atomic E-state index is -0.0435. The van der Waals surface area contributed by atoms with Crippen LogP contribution in [0.15, 0.2) is 0 Å². The zero-order valence-electron chi connectivity index (χ0n) is 9.45. The van der Waals surface area contributed by atoms with Gasteiger partial charge in [-0.1, -0.05) is 6.92 Å². The lowest BCUT2D eigenvalue weighted by Gasteiger charge is -2.35. The molecular weight excluding hydrogens is 178 g/mol. The molecule has 1 aliphatic heterocycles. The first-order valence-corrected chi connectivity index (χ1v) is 5.51. The molecule has 0 aromatic carbocycles. The van der Waals surface area contributed by atoms with Gasteiger partial charge in [-0.15, -0.1) is 0 Å². The Morgan fingerprint density at radius 2 is 2.36 bits per heavy atom. The molecule has 0 bridgehead atoms. The molecule has 3 heteroatoms. The summed E-state index contributed by atoms with van der Waals surface area (Å²) in [6.07, 6.45) is 3.25. The first-order chi connectivity index (χ1) is 6.69. The average molecular weight is 199 g/mol. The lowest BCUT2D eigenvalue weighted by molar-refractivity contribution is -0.147. The number of rotatable bonds is 3. The van der Waals surface area contributed by atoms with Gasteiger partial charge in [-0.2, -0.15) is 0 Å². The van der Waals surface area contributed by atoms with E-state index in [0.29, 0.717) is 6.04 Å². The third-order valence-corrected chi connectivity index (χ3v) is 3.20. The van der Waals surface area contributed by atoms with E-state index in [1.54, 1.807) is 0 Å². The molecule has 1 unspecified atom stereocenters. The van der Waals surface area contributed by atoms with Crippen LogP contribution in [0.25, 0.3) is 0 Å². The largest absolute Gasteiger partial charge is 0.469 e. The summed E-state index contributed by atoms with van der Waals surface area (Å²) in [6, 6.07) is 0.586. The molecule has 0 aromatic heterocycles. The van der Waals surface area contributed by atoms with Crippen molar-refractivity contribution >= 4 is 5.97 Å². The molecule has 0 aliphatic carbocycles. The highest BCUT2D eigenvalue weighted by atomic mass is 16.5. The molecule has 14 heavy (non-hydrogen) atoms. The highest BCUT2D eigenvalue weighted by Gasteiger charge is 2.27. The van der Waals surface area contributed by atoms with Crippen LogP contribution < -0.4 is 0 Å². The minimum absolute atomic E-state index is 0.0435. The number of hydrogen-bond acceptors (Lipinski definition) is 3. The van der Waals surface area contributed by atoms with Crippen LogP contribution in [0.4, 0.5) is 0 Å². The molecule has 0 radical (unpaired) electrons. The lowest BCUT2D eigenvalue weighted by atomic mass is 9.96. The summed E-state index contributed by atoms with van der Waals surface area (Å²) in [4.78, 5) is 13.8. The van der Waals surface area contributed by atoms with Gasteiger partial charge in [0.1, 0.15) is 0 Å². The van der Waals surface area contributed by atoms with Crippen molar-refractivity contribution in [2.75, 3.05) is 20.2 Å². The van der Waals surface area contributed by atoms with Crippen molar-refractivity contribution in [2.45, 2.75) is 39.2 Å². The smallest absolute Gasteiger partial charge is 0.309 e. The van der Waals surface area contributed by atoms with Crippen LogP contribution in [0.2, 0.25) is 0 Å². The fourth-order valence-corrected chi connectivity index (χ4v) is 2.02. The first-order valence-electron chi connectivity index (χ1n) is 5.51. The average Bonchev–Trinajstić information content (AvgIpc) is 2.27.